The summed E-state index contributed by atoms with van der Waals surface area (Å²) in [7, 11) is 0. The highest BCUT2D eigenvalue weighted by Gasteiger charge is 2.64. The fraction of sp³-hybridized carbons (Fsp3) is 0.537. The first kappa shape index (κ1) is 52.7. The molecule has 3 unspecified atom stereocenters. The van der Waals surface area contributed by atoms with Gasteiger partial charge < -0.3 is 40.3 Å². The molecular weight excluding hydrogens is 954 g/mol. The van der Waals surface area contributed by atoms with E-state index in [1.807, 2.05) is 76.5 Å². The number of nitrogens with one attached hydrogen (secondary N) is 3. The molecule has 4 amide bonds. The van der Waals surface area contributed by atoms with Crippen LogP contribution in [-0.2, 0) is 19.1 Å². The van der Waals surface area contributed by atoms with Gasteiger partial charge in [0.05, 0.1) is 51.0 Å². The van der Waals surface area contributed by atoms with Crippen molar-refractivity contribution < 1.29 is 33.8 Å². The summed E-state index contributed by atoms with van der Waals surface area (Å²) in [4.78, 5) is 71.2. The Labute approximate surface area is 431 Å². The van der Waals surface area contributed by atoms with Gasteiger partial charge in [-0.2, -0.15) is 5.26 Å². The van der Waals surface area contributed by atoms with Crippen molar-refractivity contribution in [3.63, 3.8) is 0 Å². The van der Waals surface area contributed by atoms with E-state index in [4.69, 9.17) is 26.1 Å². The third-order valence-corrected chi connectivity index (χ3v) is 16.5. The van der Waals surface area contributed by atoms with Gasteiger partial charge in [0, 0.05) is 73.8 Å². The van der Waals surface area contributed by atoms with Crippen molar-refractivity contribution in [1.29, 1.82) is 5.26 Å². The standard InChI is InChI=1S/C54H68ClN9O7S/c1-31(33-10-12-34(13-11-33)45-32(2)58-30-72-45)59-48(68)42-22-39(65)28-64(42)49(69)46(52(3,4)5)60-44(66)29-70-21-20-63-37-16-17-38(63)27-62(26-37)43-19-15-36(25-57-43)47(67)61-50-53(6,7)51(54(50,8)9)71-40-18-14-35(24-56)41(55)23-40/h10-15,18-19,23,25,30-31,37-39,42,46,50-51,65H,16-17,20-22,26-29H2,1-9H3,(H,59,68)(H,60,66)(H,61,67)/t31-,37?,38?,39+,42?,46+,50?,51?/m0/s1. The summed E-state index contributed by atoms with van der Waals surface area (Å²) in [6, 6.07) is 16.9. The molecule has 18 heteroatoms. The fourth-order valence-electron chi connectivity index (χ4n) is 11.6. The van der Waals surface area contributed by atoms with E-state index in [-0.39, 0.29) is 61.7 Å². The van der Waals surface area contributed by atoms with Crippen molar-refractivity contribution in [3.8, 4) is 22.3 Å². The third kappa shape index (κ3) is 11.0. The molecule has 16 nitrogen and oxygen atoms in total. The third-order valence-electron chi connectivity index (χ3n) is 15.2. The van der Waals surface area contributed by atoms with Crippen molar-refractivity contribution in [1.82, 2.24) is 35.7 Å². The van der Waals surface area contributed by atoms with Crippen molar-refractivity contribution in [2.45, 2.75) is 130 Å². The molecule has 4 N–H and O–H groups in total. The largest absolute Gasteiger partial charge is 0.489 e. The Balaban J connectivity index is 0.786. The number of aliphatic hydroxyl groups excluding tert-OH is 1. The second kappa shape index (κ2) is 21.1. The van der Waals surface area contributed by atoms with Gasteiger partial charge >= 0.3 is 0 Å². The predicted molar refractivity (Wildman–Crippen MR) is 277 cm³/mol. The number of rotatable bonds is 16. The number of likely N-dealkylation sites (tertiary alicyclic amines) is 1. The molecule has 5 heterocycles. The Kier molecular flexibility index (Phi) is 15.4. The van der Waals surface area contributed by atoms with E-state index >= 15 is 0 Å². The van der Waals surface area contributed by atoms with Gasteiger partial charge in [0.1, 0.15) is 42.4 Å². The molecule has 384 valence electrons. The van der Waals surface area contributed by atoms with Gasteiger partial charge in [-0.3, -0.25) is 24.1 Å². The number of halogens is 1. The van der Waals surface area contributed by atoms with E-state index in [2.05, 4.69) is 64.5 Å². The van der Waals surface area contributed by atoms with Crippen LogP contribution in [0.1, 0.15) is 108 Å². The number of fused-ring (bicyclic) bond motifs is 2. The van der Waals surface area contributed by atoms with E-state index in [1.165, 1.54) is 4.90 Å². The summed E-state index contributed by atoms with van der Waals surface area (Å²) in [5, 5.41) is 29.5. The summed E-state index contributed by atoms with van der Waals surface area (Å²) >= 11 is 7.85. The van der Waals surface area contributed by atoms with Crippen LogP contribution in [0, 0.1) is 34.5 Å². The molecule has 2 aromatic heterocycles. The molecule has 4 aromatic rings. The molecule has 3 saturated heterocycles. The number of pyridine rings is 1. The molecule has 4 aliphatic rings. The monoisotopic (exact) mass is 1020 g/mol. The van der Waals surface area contributed by atoms with Crippen LogP contribution in [0.15, 0.2) is 66.3 Å². The van der Waals surface area contributed by atoms with E-state index in [0.29, 0.717) is 35.1 Å². The summed E-state index contributed by atoms with van der Waals surface area (Å²) in [5.41, 5.74) is 4.08. The average molecular weight is 1020 g/mol. The number of benzene rings is 2. The smallest absolute Gasteiger partial charge is 0.253 e. The fourth-order valence-corrected chi connectivity index (χ4v) is 12.6. The molecule has 72 heavy (non-hydrogen) atoms. The number of carbonyl (C=O) groups is 4. The number of piperazine rings is 1. The molecule has 0 radical (unpaired) electrons. The molecule has 0 spiro atoms. The van der Waals surface area contributed by atoms with Crippen LogP contribution < -0.4 is 25.6 Å². The number of carbonyl (C=O) groups excluding carboxylic acids is 4. The number of anilines is 1. The zero-order chi connectivity index (χ0) is 51.9. The van der Waals surface area contributed by atoms with Crippen LogP contribution >= 0.6 is 22.9 Å². The molecule has 8 rings (SSSR count). The second-order valence-corrected chi connectivity index (χ2v) is 23.4. The number of aliphatic hydroxyl groups is 1. The second-order valence-electron chi connectivity index (χ2n) is 22.2. The lowest BCUT2D eigenvalue weighted by Gasteiger charge is -2.63. The molecule has 3 aliphatic heterocycles. The summed E-state index contributed by atoms with van der Waals surface area (Å²) < 4.78 is 12.3. The number of nitrogens with zero attached hydrogens (tertiary/aromatic N) is 6. The van der Waals surface area contributed by atoms with Gasteiger partial charge in [-0.05, 0) is 67.5 Å². The van der Waals surface area contributed by atoms with Crippen LogP contribution in [0.4, 0.5) is 5.82 Å². The van der Waals surface area contributed by atoms with Crippen LogP contribution in [0.5, 0.6) is 5.75 Å². The maximum atomic E-state index is 14.2. The first-order valence-corrected chi connectivity index (χ1v) is 26.1. The Hall–Kier alpha value is -5.64. The zero-order valence-corrected chi connectivity index (χ0v) is 44.3. The summed E-state index contributed by atoms with van der Waals surface area (Å²) in [6.07, 6.45) is 2.68. The van der Waals surface area contributed by atoms with Gasteiger partial charge in [0.2, 0.25) is 17.7 Å². The number of nitriles is 1. The van der Waals surface area contributed by atoms with Gasteiger partial charge in [-0.15, -0.1) is 11.3 Å². The average Bonchev–Trinajstić information content (AvgIpc) is 4.02. The highest BCUT2D eigenvalue weighted by Crippen LogP contribution is 2.55. The lowest BCUT2D eigenvalue weighted by molar-refractivity contribution is -0.164. The molecule has 2 aromatic carbocycles. The number of aryl methyl sites for hydroxylation is 1. The summed E-state index contributed by atoms with van der Waals surface area (Å²) in [6.45, 7) is 20.0. The SMILES string of the molecule is Cc1ncsc1-c1ccc([C@H](C)NC(=O)C2C[C@@H](O)CN2C(=O)[C@@H](NC(=O)COCCN2C3CCC2CN(c2ccc(C(=O)NC4C(C)(C)C(Oc5ccc(C#N)c(Cl)c5)C4(C)C)cn2)C3)C(C)(C)C)cc1. The maximum Gasteiger partial charge on any atom is 0.253 e. The van der Waals surface area contributed by atoms with Crippen LogP contribution in [0.3, 0.4) is 0 Å². The molecule has 1 aliphatic carbocycles. The first-order valence-electron chi connectivity index (χ1n) is 24.9. The van der Waals surface area contributed by atoms with Gasteiger partial charge in [-0.25, -0.2) is 9.97 Å². The Bertz CT molecular complexity index is 2650. The minimum absolute atomic E-state index is 0.0167. The van der Waals surface area contributed by atoms with Gasteiger partial charge in [0.25, 0.3) is 5.91 Å². The van der Waals surface area contributed by atoms with Crippen molar-refractivity contribution in [2.75, 3.05) is 44.3 Å². The van der Waals surface area contributed by atoms with Crippen molar-refractivity contribution >= 4 is 52.4 Å². The Morgan fingerprint density at radius 2 is 1.67 bits per heavy atom. The number of hydrogen-bond acceptors (Lipinski definition) is 13. The first-order chi connectivity index (χ1) is 34.1. The molecule has 6 atom stereocenters. The molecular formula is C54H68ClN9O7S. The minimum Gasteiger partial charge on any atom is -0.489 e. The van der Waals surface area contributed by atoms with E-state index in [1.54, 1.807) is 35.7 Å². The number of β-amino-alcohol motifs (C(OH)–C–C–N with tert-alkyl or cyclic N) is 1. The van der Waals surface area contributed by atoms with E-state index in [0.717, 1.165) is 53.4 Å². The minimum atomic E-state index is -0.965. The number of hydrogen-bond donors (Lipinski definition) is 4. The van der Waals surface area contributed by atoms with Gasteiger partial charge in [0.15, 0.2) is 0 Å². The number of ether oxygens (including phenoxy) is 2. The highest BCUT2D eigenvalue weighted by molar-refractivity contribution is 7.13. The van der Waals surface area contributed by atoms with Gasteiger partial charge in [-0.1, -0.05) is 84.3 Å². The number of thiazole rings is 1. The van der Waals surface area contributed by atoms with Crippen molar-refractivity contribution in [2.24, 2.45) is 16.2 Å². The highest BCUT2D eigenvalue weighted by atomic mass is 35.5. The molecule has 2 bridgehead atoms. The quantitative estimate of drug-likeness (QED) is 0.0868. The van der Waals surface area contributed by atoms with Crippen LogP contribution in [0.2, 0.25) is 5.02 Å². The lowest BCUT2D eigenvalue weighted by Crippen LogP contribution is -2.74. The van der Waals surface area contributed by atoms with Crippen LogP contribution in [0.25, 0.3) is 10.4 Å². The number of aromatic nitrogens is 2. The zero-order valence-electron chi connectivity index (χ0n) is 42.7. The maximum absolute atomic E-state index is 14.2. The molecule has 1 saturated carbocycles. The Morgan fingerprint density at radius 1 is 0.972 bits per heavy atom. The summed E-state index contributed by atoms with van der Waals surface area (Å²) in [5.74, 6) is -0.0470. The van der Waals surface area contributed by atoms with Crippen LogP contribution in [-0.4, -0.2) is 130 Å². The Morgan fingerprint density at radius 3 is 2.26 bits per heavy atom. The molecule has 4 fully saturated rings. The lowest BCUT2D eigenvalue weighted by atomic mass is 9.49. The van der Waals surface area contributed by atoms with E-state index < -0.39 is 46.2 Å². The number of amides is 4. The topological polar surface area (TPSA) is 202 Å². The van der Waals surface area contributed by atoms with E-state index in [9.17, 15) is 29.5 Å². The predicted octanol–water partition coefficient (Wildman–Crippen LogP) is 6.69. The van der Waals surface area contributed by atoms with Crippen molar-refractivity contribution in [3.05, 3.63) is 93.7 Å². The normalized spacial score (nSPS) is 24.1.